The highest BCUT2D eigenvalue weighted by Crippen LogP contribution is 2.27. The van der Waals surface area contributed by atoms with Crippen LogP contribution in [0.2, 0.25) is 0 Å². The molecule has 2 aromatic rings. The van der Waals surface area contributed by atoms with Gasteiger partial charge in [-0.2, -0.15) is 0 Å². The van der Waals surface area contributed by atoms with E-state index >= 15 is 0 Å². The van der Waals surface area contributed by atoms with Gasteiger partial charge in [0.1, 0.15) is 6.04 Å². The second-order valence-electron chi connectivity index (χ2n) is 6.52. The van der Waals surface area contributed by atoms with Gasteiger partial charge in [-0.1, -0.05) is 36.4 Å². The summed E-state index contributed by atoms with van der Waals surface area (Å²) < 4.78 is 10.6. The number of amides is 1. The lowest BCUT2D eigenvalue weighted by molar-refractivity contribution is -0.123. The summed E-state index contributed by atoms with van der Waals surface area (Å²) in [6.07, 6.45) is 2.96. The average molecular weight is 354 g/mol. The number of nitrogens with one attached hydrogen (secondary N) is 2. The minimum atomic E-state index is -0.336. The second-order valence-corrected chi connectivity index (χ2v) is 6.52. The first-order valence-corrected chi connectivity index (χ1v) is 9.01. The summed E-state index contributed by atoms with van der Waals surface area (Å²) in [6, 6.07) is 15.8. The molecule has 0 spiro atoms. The van der Waals surface area contributed by atoms with Crippen LogP contribution in [0.1, 0.15) is 30.0 Å². The van der Waals surface area contributed by atoms with Gasteiger partial charge in [-0.15, -0.1) is 0 Å². The molecule has 1 saturated carbocycles. The monoisotopic (exact) mass is 354 g/mol. The fraction of sp³-hybridized carbons (Fsp3) is 0.381. The molecule has 1 atom stereocenters. The smallest absolute Gasteiger partial charge is 0.241 e. The molecule has 0 bridgehead atoms. The number of benzene rings is 2. The van der Waals surface area contributed by atoms with E-state index in [0.717, 1.165) is 41.9 Å². The molecule has 1 unspecified atom stereocenters. The third kappa shape index (κ3) is 4.76. The van der Waals surface area contributed by atoms with E-state index in [-0.39, 0.29) is 11.9 Å². The van der Waals surface area contributed by atoms with Crippen molar-refractivity contribution in [1.82, 2.24) is 10.6 Å². The maximum Gasteiger partial charge on any atom is 0.241 e. The Kier molecular flexibility index (Phi) is 6.12. The lowest BCUT2D eigenvalue weighted by Gasteiger charge is -2.19. The highest BCUT2D eigenvalue weighted by atomic mass is 16.5. The lowest BCUT2D eigenvalue weighted by atomic mass is 10.1. The van der Waals surface area contributed by atoms with Crippen LogP contribution in [0, 0.1) is 0 Å². The fourth-order valence-electron chi connectivity index (χ4n) is 2.92. The maximum absolute atomic E-state index is 12.6. The average Bonchev–Trinajstić information content (AvgIpc) is 3.49. The topological polar surface area (TPSA) is 59.6 Å². The molecule has 5 heteroatoms. The number of carbonyl (C=O) groups excluding carboxylic acids is 1. The first-order chi connectivity index (χ1) is 12.7. The Morgan fingerprint density at radius 2 is 1.81 bits per heavy atom. The molecular formula is C21H26N2O3. The van der Waals surface area contributed by atoms with Gasteiger partial charge < -0.3 is 20.1 Å². The molecule has 3 rings (SSSR count). The number of hydrogen-bond donors (Lipinski definition) is 2. The van der Waals surface area contributed by atoms with E-state index in [2.05, 4.69) is 10.6 Å². The third-order valence-electron chi connectivity index (χ3n) is 4.53. The van der Waals surface area contributed by atoms with E-state index in [0.29, 0.717) is 12.6 Å². The Morgan fingerprint density at radius 1 is 1.08 bits per heavy atom. The molecule has 5 nitrogen and oxygen atoms in total. The maximum atomic E-state index is 12.6. The largest absolute Gasteiger partial charge is 0.493 e. The van der Waals surface area contributed by atoms with Crippen LogP contribution in [-0.4, -0.2) is 32.7 Å². The van der Waals surface area contributed by atoms with Crippen molar-refractivity contribution in [3.63, 3.8) is 0 Å². The molecular weight excluding hydrogens is 328 g/mol. The van der Waals surface area contributed by atoms with Crippen LogP contribution in [-0.2, 0) is 11.2 Å². The van der Waals surface area contributed by atoms with E-state index in [1.54, 1.807) is 14.2 Å². The summed E-state index contributed by atoms with van der Waals surface area (Å²) in [7, 11) is 3.26. The molecule has 1 fully saturated rings. The van der Waals surface area contributed by atoms with Gasteiger partial charge in [0.05, 0.1) is 14.2 Å². The van der Waals surface area contributed by atoms with E-state index < -0.39 is 0 Å². The van der Waals surface area contributed by atoms with Crippen LogP contribution in [0.15, 0.2) is 48.5 Å². The molecule has 0 heterocycles. The van der Waals surface area contributed by atoms with Gasteiger partial charge >= 0.3 is 0 Å². The van der Waals surface area contributed by atoms with Crippen molar-refractivity contribution in [3.8, 4) is 11.5 Å². The van der Waals surface area contributed by atoms with Gasteiger partial charge in [0, 0.05) is 12.6 Å². The number of hydrogen-bond acceptors (Lipinski definition) is 4. The summed E-state index contributed by atoms with van der Waals surface area (Å²) in [5.41, 5.74) is 2.11. The standard InChI is InChI=1S/C21H26N2O3/c1-25-18-11-8-15(14-19(18)26-2)12-13-22-20(16-6-4-3-5-7-16)21(24)23-17-9-10-17/h3-8,11,14,17,20,22H,9-10,12-13H2,1-2H3,(H,23,24). The molecule has 2 aromatic carbocycles. The van der Waals surface area contributed by atoms with Crippen LogP contribution in [0.5, 0.6) is 11.5 Å². The van der Waals surface area contributed by atoms with Crippen molar-refractivity contribution < 1.29 is 14.3 Å². The van der Waals surface area contributed by atoms with E-state index in [1.807, 2.05) is 48.5 Å². The zero-order chi connectivity index (χ0) is 18.4. The Morgan fingerprint density at radius 3 is 2.46 bits per heavy atom. The van der Waals surface area contributed by atoms with Crippen LogP contribution >= 0.6 is 0 Å². The van der Waals surface area contributed by atoms with Gasteiger partial charge in [0.2, 0.25) is 5.91 Å². The van der Waals surface area contributed by atoms with Gasteiger partial charge in [-0.3, -0.25) is 4.79 Å². The Labute approximate surface area is 154 Å². The number of ether oxygens (including phenoxy) is 2. The van der Waals surface area contributed by atoms with Gasteiger partial charge in [0.25, 0.3) is 0 Å². The lowest BCUT2D eigenvalue weighted by Crippen LogP contribution is -2.39. The van der Waals surface area contributed by atoms with Crippen LogP contribution in [0.4, 0.5) is 0 Å². The Hall–Kier alpha value is -2.53. The first kappa shape index (κ1) is 18.3. The molecule has 1 aliphatic carbocycles. The summed E-state index contributed by atoms with van der Waals surface area (Å²) in [5.74, 6) is 1.48. The summed E-state index contributed by atoms with van der Waals surface area (Å²) in [5, 5.41) is 6.50. The van der Waals surface area contributed by atoms with Crippen molar-refractivity contribution in [2.45, 2.75) is 31.3 Å². The molecule has 0 aliphatic heterocycles. The van der Waals surface area contributed by atoms with Crippen LogP contribution in [0.3, 0.4) is 0 Å². The van der Waals surface area contributed by atoms with Gasteiger partial charge in [-0.05, 0) is 42.5 Å². The van der Waals surface area contributed by atoms with Gasteiger partial charge in [0.15, 0.2) is 11.5 Å². The quantitative estimate of drug-likeness (QED) is 0.727. The van der Waals surface area contributed by atoms with E-state index in [1.165, 1.54) is 0 Å². The molecule has 0 radical (unpaired) electrons. The zero-order valence-electron chi connectivity index (χ0n) is 15.3. The van der Waals surface area contributed by atoms with Crippen LogP contribution in [0.25, 0.3) is 0 Å². The molecule has 26 heavy (non-hydrogen) atoms. The normalized spacial score (nSPS) is 14.5. The highest BCUT2D eigenvalue weighted by molar-refractivity contribution is 5.83. The van der Waals surface area contributed by atoms with E-state index in [9.17, 15) is 4.79 Å². The highest BCUT2D eigenvalue weighted by Gasteiger charge is 2.28. The molecule has 0 aromatic heterocycles. The first-order valence-electron chi connectivity index (χ1n) is 9.01. The summed E-state index contributed by atoms with van der Waals surface area (Å²) in [6.45, 7) is 0.688. The Bertz CT molecular complexity index is 729. The SMILES string of the molecule is COc1ccc(CCNC(C(=O)NC2CC2)c2ccccc2)cc1OC. The van der Waals surface area contributed by atoms with Crippen molar-refractivity contribution in [2.75, 3.05) is 20.8 Å². The number of rotatable bonds is 9. The summed E-state index contributed by atoms with van der Waals surface area (Å²) in [4.78, 5) is 12.6. The predicted molar refractivity (Wildman–Crippen MR) is 102 cm³/mol. The minimum absolute atomic E-state index is 0.0472. The van der Waals surface area contributed by atoms with Crippen molar-refractivity contribution in [2.24, 2.45) is 0 Å². The third-order valence-corrected chi connectivity index (χ3v) is 4.53. The van der Waals surface area contributed by atoms with Crippen LogP contribution < -0.4 is 20.1 Å². The minimum Gasteiger partial charge on any atom is -0.493 e. The van der Waals surface area contributed by atoms with Crippen molar-refractivity contribution >= 4 is 5.91 Å². The fourth-order valence-corrected chi connectivity index (χ4v) is 2.92. The molecule has 0 saturated heterocycles. The number of methoxy groups -OCH3 is 2. The molecule has 1 aliphatic rings. The predicted octanol–water partition coefficient (Wildman–Crippen LogP) is 2.86. The van der Waals surface area contributed by atoms with Crippen molar-refractivity contribution in [1.29, 1.82) is 0 Å². The second kappa shape index (κ2) is 8.72. The molecule has 2 N–H and O–H groups in total. The molecule has 1 amide bonds. The van der Waals surface area contributed by atoms with Crippen molar-refractivity contribution in [3.05, 3.63) is 59.7 Å². The summed E-state index contributed by atoms with van der Waals surface area (Å²) >= 11 is 0. The number of carbonyl (C=O) groups is 1. The Balaban J connectivity index is 1.63. The zero-order valence-corrected chi connectivity index (χ0v) is 15.3. The van der Waals surface area contributed by atoms with E-state index in [4.69, 9.17) is 9.47 Å². The van der Waals surface area contributed by atoms with Gasteiger partial charge in [-0.25, -0.2) is 0 Å². The molecule has 138 valence electrons.